The molecule has 0 heterocycles. The number of hydrogen-bond donors (Lipinski definition) is 1. The molecule has 0 bridgehead atoms. The molecule has 0 unspecified atom stereocenters. The number of unbranched alkanes of at least 4 members (excludes halogenated alkanes) is 1. The van der Waals surface area contributed by atoms with Gasteiger partial charge in [-0.25, -0.2) is 0 Å². The van der Waals surface area contributed by atoms with Crippen molar-refractivity contribution in [3.63, 3.8) is 0 Å². The largest absolute Gasteiger partial charge is 0.286 e. The highest BCUT2D eigenvalue weighted by molar-refractivity contribution is 7.85. The molecular formula is C4H9ClO4S. The summed E-state index contributed by atoms with van der Waals surface area (Å²) in [5.41, 5.74) is 0. The van der Waals surface area contributed by atoms with Crippen LogP contribution in [0.3, 0.4) is 0 Å². The first kappa shape index (κ1) is 10.2. The van der Waals surface area contributed by atoms with Crippen molar-refractivity contribution < 1.29 is 17.3 Å². The molecule has 0 rings (SSSR count). The van der Waals surface area contributed by atoms with E-state index in [0.29, 0.717) is 19.4 Å². The molecule has 0 aromatic rings. The lowest BCUT2D eigenvalue weighted by atomic mass is 10.4. The molecule has 4 nitrogen and oxygen atoms in total. The van der Waals surface area contributed by atoms with Gasteiger partial charge < -0.3 is 0 Å². The zero-order valence-electron chi connectivity index (χ0n) is 5.29. The maximum Gasteiger partial charge on any atom is 0.264 e. The lowest BCUT2D eigenvalue weighted by Gasteiger charge is -1.94. The lowest BCUT2D eigenvalue weighted by Crippen LogP contribution is -2.04. The molecule has 0 atom stereocenters. The van der Waals surface area contributed by atoms with Gasteiger partial charge >= 0.3 is 0 Å². The first-order valence-corrected chi connectivity index (χ1v) is 4.67. The molecular weight excluding hydrogens is 180 g/mol. The summed E-state index contributed by atoms with van der Waals surface area (Å²) in [5.74, 6) is -0.229. The summed E-state index contributed by atoms with van der Waals surface area (Å²) in [7, 11) is -3.80. The second-order valence-electron chi connectivity index (χ2n) is 1.81. The second-order valence-corrected chi connectivity index (χ2v) is 3.60. The van der Waals surface area contributed by atoms with Gasteiger partial charge in [0.05, 0.1) is 24.2 Å². The van der Waals surface area contributed by atoms with E-state index in [4.69, 9.17) is 16.4 Å². The third-order valence-electron chi connectivity index (χ3n) is 0.874. The summed E-state index contributed by atoms with van der Waals surface area (Å²) in [6.45, 7) is 0.303. The topological polar surface area (TPSA) is 63.6 Å². The molecule has 0 fully saturated rings. The highest BCUT2D eigenvalue weighted by Crippen LogP contribution is 1.95. The van der Waals surface area contributed by atoms with Gasteiger partial charge in [-0.15, -0.1) is 0 Å². The molecule has 0 radical (unpaired) electrons. The zero-order valence-corrected chi connectivity index (χ0v) is 6.86. The Morgan fingerprint density at radius 2 is 2.00 bits per heavy atom. The SMILES string of the molecule is O=S(=O)(O)CCCCOCl. The van der Waals surface area contributed by atoms with Crippen LogP contribution < -0.4 is 0 Å². The minimum atomic E-state index is -3.80. The van der Waals surface area contributed by atoms with E-state index in [1.54, 1.807) is 0 Å². The summed E-state index contributed by atoms with van der Waals surface area (Å²) in [4.78, 5) is 0. The van der Waals surface area contributed by atoms with Crippen LogP contribution in [-0.2, 0) is 14.4 Å². The van der Waals surface area contributed by atoms with Gasteiger partial charge in [0.2, 0.25) is 0 Å². The van der Waals surface area contributed by atoms with E-state index in [2.05, 4.69) is 4.29 Å². The van der Waals surface area contributed by atoms with E-state index in [1.807, 2.05) is 0 Å². The molecule has 0 aliphatic heterocycles. The Bertz CT molecular complexity index is 164. The smallest absolute Gasteiger partial charge is 0.264 e. The number of rotatable bonds is 5. The van der Waals surface area contributed by atoms with E-state index >= 15 is 0 Å². The van der Waals surface area contributed by atoms with Crippen LogP contribution in [0.25, 0.3) is 0 Å². The minimum Gasteiger partial charge on any atom is -0.286 e. The molecule has 62 valence electrons. The van der Waals surface area contributed by atoms with Gasteiger partial charge in [0.25, 0.3) is 10.1 Å². The third kappa shape index (κ3) is 8.16. The molecule has 0 aromatic carbocycles. The van der Waals surface area contributed by atoms with Crippen molar-refractivity contribution in [2.24, 2.45) is 0 Å². The second kappa shape index (κ2) is 4.90. The van der Waals surface area contributed by atoms with Crippen molar-refractivity contribution in [1.29, 1.82) is 0 Å². The fourth-order valence-electron chi connectivity index (χ4n) is 0.441. The first-order valence-electron chi connectivity index (χ1n) is 2.75. The monoisotopic (exact) mass is 188 g/mol. The fourth-order valence-corrected chi connectivity index (χ4v) is 1.12. The average Bonchev–Trinajstić information content (AvgIpc) is 1.78. The molecule has 1 N–H and O–H groups in total. The van der Waals surface area contributed by atoms with E-state index < -0.39 is 10.1 Å². The van der Waals surface area contributed by atoms with Gasteiger partial charge in [0.1, 0.15) is 0 Å². The Balaban J connectivity index is 3.21. The first-order chi connectivity index (χ1) is 4.56. The normalized spacial score (nSPS) is 11.8. The number of hydrogen-bond acceptors (Lipinski definition) is 3. The average molecular weight is 189 g/mol. The van der Waals surface area contributed by atoms with Crippen molar-refractivity contribution >= 4 is 22.0 Å². The molecule has 0 aliphatic rings. The molecule has 0 aromatic heterocycles. The van der Waals surface area contributed by atoms with Crippen molar-refractivity contribution in [2.75, 3.05) is 12.4 Å². The van der Waals surface area contributed by atoms with Crippen molar-refractivity contribution in [3.05, 3.63) is 0 Å². The molecule has 6 heteroatoms. The van der Waals surface area contributed by atoms with Crippen LogP contribution >= 0.6 is 11.9 Å². The standard InChI is InChI=1S/C4H9ClO4S/c5-9-3-1-2-4-10(6,7)8/h1-4H2,(H,6,7,8). The Labute approximate surface area is 65.1 Å². The van der Waals surface area contributed by atoms with Gasteiger partial charge in [-0.1, -0.05) is 0 Å². The molecule has 0 aliphatic carbocycles. The minimum absolute atomic E-state index is 0.229. The summed E-state index contributed by atoms with van der Waals surface area (Å²) in [6, 6.07) is 0. The summed E-state index contributed by atoms with van der Waals surface area (Å²) < 4.78 is 32.5. The van der Waals surface area contributed by atoms with Gasteiger partial charge in [0, 0.05) is 0 Å². The number of halogens is 1. The zero-order chi connectivity index (χ0) is 8.04. The van der Waals surface area contributed by atoms with E-state index in [1.165, 1.54) is 0 Å². The van der Waals surface area contributed by atoms with Crippen LogP contribution in [0.15, 0.2) is 0 Å². The fraction of sp³-hybridized carbons (Fsp3) is 1.00. The molecule has 0 amide bonds. The van der Waals surface area contributed by atoms with Crippen LogP contribution in [0, 0.1) is 0 Å². The molecule has 0 saturated carbocycles. The van der Waals surface area contributed by atoms with E-state index in [0.717, 1.165) is 0 Å². The van der Waals surface area contributed by atoms with Crippen LogP contribution in [-0.4, -0.2) is 25.3 Å². The van der Waals surface area contributed by atoms with Crippen molar-refractivity contribution in [1.82, 2.24) is 0 Å². The molecule has 0 saturated heterocycles. The van der Waals surface area contributed by atoms with E-state index in [9.17, 15) is 8.42 Å². The maximum absolute atomic E-state index is 10.1. The van der Waals surface area contributed by atoms with Crippen LogP contribution in [0.4, 0.5) is 0 Å². The Hall–Kier alpha value is 0.160. The predicted molar refractivity (Wildman–Crippen MR) is 37.5 cm³/mol. The van der Waals surface area contributed by atoms with Gasteiger partial charge in [-0.2, -0.15) is 8.42 Å². The summed E-state index contributed by atoms with van der Waals surface area (Å²) in [5, 5.41) is 0. The Morgan fingerprint density at radius 1 is 1.40 bits per heavy atom. The summed E-state index contributed by atoms with van der Waals surface area (Å²) >= 11 is 4.84. The van der Waals surface area contributed by atoms with Crippen LogP contribution in [0.1, 0.15) is 12.8 Å². The van der Waals surface area contributed by atoms with Gasteiger partial charge in [-0.3, -0.25) is 8.84 Å². The Morgan fingerprint density at radius 3 is 2.40 bits per heavy atom. The van der Waals surface area contributed by atoms with E-state index in [-0.39, 0.29) is 5.75 Å². The highest BCUT2D eigenvalue weighted by atomic mass is 35.5. The predicted octanol–water partition coefficient (Wildman–Crippen LogP) is 0.825. The third-order valence-corrected chi connectivity index (χ3v) is 1.83. The van der Waals surface area contributed by atoms with Crippen molar-refractivity contribution in [3.8, 4) is 0 Å². The van der Waals surface area contributed by atoms with Crippen LogP contribution in [0.2, 0.25) is 0 Å². The molecule has 0 spiro atoms. The van der Waals surface area contributed by atoms with Gasteiger partial charge in [-0.05, 0) is 12.8 Å². The quantitative estimate of drug-likeness (QED) is 0.513. The molecule has 10 heavy (non-hydrogen) atoms. The van der Waals surface area contributed by atoms with Crippen molar-refractivity contribution in [2.45, 2.75) is 12.8 Å². The van der Waals surface area contributed by atoms with Gasteiger partial charge in [0.15, 0.2) is 0 Å². The van der Waals surface area contributed by atoms with Crippen LogP contribution in [0.5, 0.6) is 0 Å². The summed E-state index contributed by atoms with van der Waals surface area (Å²) in [6.07, 6.45) is 0.898. The lowest BCUT2D eigenvalue weighted by molar-refractivity contribution is 0.341. The highest BCUT2D eigenvalue weighted by Gasteiger charge is 2.02. The maximum atomic E-state index is 10.1. The Kier molecular flexibility index (Phi) is 4.98.